The minimum Gasteiger partial charge on any atom is -0.353 e. The average Bonchev–Trinajstić information content (AvgIpc) is 2.64. The monoisotopic (exact) mass is 404 g/mol. The van der Waals surface area contributed by atoms with Gasteiger partial charge < -0.3 is 5.32 Å². The largest absolute Gasteiger partial charge is 0.353 e. The number of amides is 1. The molecular weight excluding hydrogens is 379 g/mol. The number of nitrogens with one attached hydrogen (secondary N) is 1. The maximum Gasteiger partial charge on any atom is 0.243 e. The summed E-state index contributed by atoms with van der Waals surface area (Å²) in [4.78, 5) is 12.5. The quantitative estimate of drug-likeness (QED) is 0.833. The van der Waals surface area contributed by atoms with Crippen molar-refractivity contribution in [2.24, 2.45) is 0 Å². The fraction of sp³-hybridized carbons (Fsp3) is 0.381. The maximum atomic E-state index is 12.9. The molecule has 1 saturated heterocycles. The summed E-state index contributed by atoms with van der Waals surface area (Å²) < 4.78 is 40.3. The second-order valence-electron chi connectivity index (χ2n) is 7.32. The topological polar surface area (TPSA) is 66.5 Å². The molecule has 1 amide bonds. The molecule has 1 N–H and O–H groups in total. The molecule has 0 bridgehead atoms. The summed E-state index contributed by atoms with van der Waals surface area (Å²) in [7, 11) is -3.53. The van der Waals surface area contributed by atoms with Crippen molar-refractivity contribution in [2.75, 3.05) is 13.1 Å². The van der Waals surface area contributed by atoms with Crippen LogP contribution in [0.3, 0.4) is 0 Å². The third-order valence-corrected chi connectivity index (χ3v) is 7.10. The Balaban J connectivity index is 1.56. The number of hydrogen-bond donors (Lipinski definition) is 1. The first-order chi connectivity index (χ1) is 13.3. The number of benzene rings is 2. The van der Waals surface area contributed by atoms with E-state index in [1.165, 1.54) is 16.4 Å². The summed E-state index contributed by atoms with van der Waals surface area (Å²) in [6, 6.07) is 11.1. The number of halogens is 1. The molecular formula is C21H25FN2O3S. The molecule has 0 unspecified atom stereocenters. The highest BCUT2D eigenvalue weighted by atomic mass is 32.2. The second-order valence-corrected chi connectivity index (χ2v) is 9.22. The Morgan fingerprint density at radius 2 is 1.75 bits per heavy atom. The number of carbonyl (C=O) groups excluding carboxylic acids is 1. The molecule has 3 rings (SSSR count). The third-order valence-electron chi connectivity index (χ3n) is 5.05. The highest BCUT2D eigenvalue weighted by molar-refractivity contribution is 7.89. The molecule has 2 aromatic carbocycles. The van der Waals surface area contributed by atoms with E-state index < -0.39 is 10.0 Å². The lowest BCUT2D eigenvalue weighted by Crippen LogP contribution is -2.46. The lowest BCUT2D eigenvalue weighted by Gasteiger charge is -2.32. The Hall–Kier alpha value is -2.25. The third kappa shape index (κ3) is 4.77. The molecule has 5 nitrogen and oxygen atoms in total. The van der Waals surface area contributed by atoms with Crippen LogP contribution in [-0.4, -0.2) is 37.8 Å². The zero-order valence-corrected chi connectivity index (χ0v) is 16.9. The lowest BCUT2D eigenvalue weighted by atomic mass is 10.1. The van der Waals surface area contributed by atoms with Crippen molar-refractivity contribution in [1.82, 2.24) is 9.62 Å². The summed E-state index contributed by atoms with van der Waals surface area (Å²) in [5.41, 5.74) is 2.52. The van der Waals surface area contributed by atoms with E-state index in [1.807, 2.05) is 26.0 Å². The first-order valence-electron chi connectivity index (χ1n) is 9.37. The molecule has 28 heavy (non-hydrogen) atoms. The zero-order valence-electron chi connectivity index (χ0n) is 16.1. The van der Waals surface area contributed by atoms with E-state index in [0.717, 1.165) is 16.7 Å². The Morgan fingerprint density at radius 3 is 2.36 bits per heavy atom. The van der Waals surface area contributed by atoms with Gasteiger partial charge in [-0.2, -0.15) is 4.31 Å². The van der Waals surface area contributed by atoms with Gasteiger partial charge in [-0.15, -0.1) is 0 Å². The van der Waals surface area contributed by atoms with Crippen molar-refractivity contribution in [2.45, 2.75) is 44.0 Å². The molecule has 1 fully saturated rings. The summed E-state index contributed by atoms with van der Waals surface area (Å²) in [6.07, 6.45) is 1.32. The van der Waals surface area contributed by atoms with Crippen molar-refractivity contribution < 1.29 is 17.6 Å². The van der Waals surface area contributed by atoms with Crippen LogP contribution in [0.15, 0.2) is 47.4 Å². The van der Waals surface area contributed by atoms with Crippen molar-refractivity contribution in [3.63, 3.8) is 0 Å². The van der Waals surface area contributed by atoms with E-state index in [-0.39, 0.29) is 24.2 Å². The van der Waals surface area contributed by atoms with E-state index in [4.69, 9.17) is 0 Å². The molecule has 0 atom stereocenters. The van der Waals surface area contributed by atoms with Crippen LogP contribution in [0.2, 0.25) is 0 Å². The average molecular weight is 405 g/mol. The Bertz CT molecular complexity index is 950. The number of carbonyl (C=O) groups is 1. The van der Waals surface area contributed by atoms with Gasteiger partial charge in [-0.05, 0) is 56.0 Å². The van der Waals surface area contributed by atoms with Gasteiger partial charge in [0.1, 0.15) is 5.82 Å². The second kappa shape index (κ2) is 8.41. The molecule has 0 saturated carbocycles. The highest BCUT2D eigenvalue weighted by Crippen LogP contribution is 2.24. The summed E-state index contributed by atoms with van der Waals surface area (Å²) in [5.74, 6) is -0.469. The van der Waals surface area contributed by atoms with Crippen LogP contribution in [-0.2, 0) is 21.2 Å². The van der Waals surface area contributed by atoms with E-state index in [2.05, 4.69) is 5.32 Å². The Labute approximate surface area is 165 Å². The Kier molecular flexibility index (Phi) is 6.15. The van der Waals surface area contributed by atoms with Gasteiger partial charge in [-0.1, -0.05) is 29.8 Å². The normalized spacial score (nSPS) is 16.1. The van der Waals surface area contributed by atoms with E-state index in [1.54, 1.807) is 18.2 Å². The first-order valence-corrected chi connectivity index (χ1v) is 10.8. The molecule has 1 heterocycles. The molecule has 7 heteroatoms. The number of rotatable bonds is 5. The zero-order chi connectivity index (χ0) is 20.3. The standard InChI is InChI=1S/C21H25FN2O3S/c1-15-3-8-20(16(2)13-15)28(26,27)24-11-9-19(10-12-24)23-21(25)14-17-4-6-18(22)7-5-17/h3-8,13,19H,9-12,14H2,1-2H3,(H,23,25). The summed E-state index contributed by atoms with van der Waals surface area (Å²) >= 11 is 0. The van der Waals surface area contributed by atoms with Crippen LogP contribution in [0.4, 0.5) is 4.39 Å². The molecule has 0 aliphatic carbocycles. The van der Waals surface area contributed by atoms with Crippen LogP contribution in [0.25, 0.3) is 0 Å². The van der Waals surface area contributed by atoms with Crippen LogP contribution in [0.5, 0.6) is 0 Å². The fourth-order valence-electron chi connectivity index (χ4n) is 3.53. The smallest absolute Gasteiger partial charge is 0.243 e. The van der Waals surface area contributed by atoms with Crippen molar-refractivity contribution in [3.05, 3.63) is 65.0 Å². The van der Waals surface area contributed by atoms with Gasteiger partial charge in [0.25, 0.3) is 0 Å². The maximum absolute atomic E-state index is 12.9. The number of sulfonamides is 1. The minimum atomic E-state index is -3.53. The van der Waals surface area contributed by atoms with E-state index >= 15 is 0 Å². The van der Waals surface area contributed by atoms with Gasteiger partial charge in [0, 0.05) is 19.1 Å². The van der Waals surface area contributed by atoms with Crippen LogP contribution < -0.4 is 5.32 Å². The minimum absolute atomic E-state index is 0.0569. The fourth-order valence-corrected chi connectivity index (χ4v) is 5.21. The van der Waals surface area contributed by atoms with Gasteiger partial charge >= 0.3 is 0 Å². The molecule has 1 aliphatic rings. The van der Waals surface area contributed by atoms with Crippen molar-refractivity contribution >= 4 is 15.9 Å². The van der Waals surface area contributed by atoms with Gasteiger partial charge in [-0.25, -0.2) is 12.8 Å². The number of hydrogen-bond acceptors (Lipinski definition) is 3. The number of aryl methyl sites for hydroxylation is 2. The molecule has 1 aliphatic heterocycles. The number of nitrogens with zero attached hydrogens (tertiary/aromatic N) is 1. The highest BCUT2D eigenvalue weighted by Gasteiger charge is 2.30. The van der Waals surface area contributed by atoms with E-state index in [0.29, 0.717) is 30.8 Å². The predicted octanol–water partition coefficient (Wildman–Crippen LogP) is 2.95. The SMILES string of the molecule is Cc1ccc(S(=O)(=O)N2CCC(NC(=O)Cc3ccc(F)cc3)CC2)c(C)c1. The van der Waals surface area contributed by atoms with Crippen molar-refractivity contribution in [3.8, 4) is 0 Å². The predicted molar refractivity (Wildman–Crippen MR) is 106 cm³/mol. The van der Waals surface area contributed by atoms with E-state index in [9.17, 15) is 17.6 Å². The van der Waals surface area contributed by atoms with Crippen molar-refractivity contribution in [1.29, 1.82) is 0 Å². The molecule has 0 aromatic heterocycles. The summed E-state index contributed by atoms with van der Waals surface area (Å²) in [5, 5.41) is 2.96. The molecule has 150 valence electrons. The number of piperidine rings is 1. The van der Waals surface area contributed by atoms with Crippen LogP contribution in [0.1, 0.15) is 29.5 Å². The first kappa shape index (κ1) is 20.5. The summed E-state index contributed by atoms with van der Waals surface area (Å²) in [6.45, 7) is 4.49. The molecule has 2 aromatic rings. The van der Waals surface area contributed by atoms with Gasteiger partial charge in [0.15, 0.2) is 0 Å². The molecule has 0 spiro atoms. The van der Waals surface area contributed by atoms with Crippen LogP contribution >= 0.6 is 0 Å². The van der Waals surface area contributed by atoms with Crippen LogP contribution in [0, 0.1) is 19.7 Å². The molecule has 0 radical (unpaired) electrons. The Morgan fingerprint density at radius 1 is 1.11 bits per heavy atom. The lowest BCUT2D eigenvalue weighted by molar-refractivity contribution is -0.121. The van der Waals surface area contributed by atoms with Gasteiger partial charge in [0.2, 0.25) is 15.9 Å². The van der Waals surface area contributed by atoms with Gasteiger partial charge in [0.05, 0.1) is 11.3 Å². The van der Waals surface area contributed by atoms with Gasteiger partial charge in [-0.3, -0.25) is 4.79 Å².